The van der Waals surface area contributed by atoms with Crippen molar-refractivity contribution in [3.63, 3.8) is 0 Å². The molecule has 1 fully saturated rings. The summed E-state index contributed by atoms with van der Waals surface area (Å²) in [6.07, 6.45) is 1.71. The molecule has 1 heterocycles. The lowest BCUT2D eigenvalue weighted by Crippen LogP contribution is -2.40. The van der Waals surface area contributed by atoms with Crippen molar-refractivity contribution in [2.45, 2.75) is 38.8 Å². The van der Waals surface area contributed by atoms with Crippen LogP contribution in [0.2, 0.25) is 0 Å². The van der Waals surface area contributed by atoms with Crippen molar-refractivity contribution >= 4 is 5.91 Å². The molecule has 1 saturated heterocycles. The zero-order chi connectivity index (χ0) is 14.5. The molecule has 1 aliphatic rings. The van der Waals surface area contributed by atoms with E-state index in [1.54, 1.807) is 7.11 Å². The summed E-state index contributed by atoms with van der Waals surface area (Å²) in [6, 6.07) is 8.64. The molecule has 0 bridgehead atoms. The Labute approximate surface area is 121 Å². The van der Waals surface area contributed by atoms with Crippen LogP contribution in [0.3, 0.4) is 0 Å². The van der Waals surface area contributed by atoms with E-state index in [-0.39, 0.29) is 18.0 Å². The molecular formula is C16H24N2O2. The first-order valence-electron chi connectivity index (χ1n) is 7.28. The van der Waals surface area contributed by atoms with Crippen LogP contribution in [-0.4, -0.2) is 37.0 Å². The Morgan fingerprint density at radius 2 is 2.00 bits per heavy atom. The number of likely N-dealkylation sites (tertiary alicyclic amines) is 1. The van der Waals surface area contributed by atoms with Gasteiger partial charge >= 0.3 is 0 Å². The van der Waals surface area contributed by atoms with Crippen LogP contribution >= 0.6 is 0 Å². The van der Waals surface area contributed by atoms with Crippen molar-refractivity contribution in [1.82, 2.24) is 10.2 Å². The second kappa shape index (κ2) is 6.75. The zero-order valence-corrected chi connectivity index (χ0v) is 12.6. The first-order chi connectivity index (χ1) is 9.60. The SMILES string of the molecule is COc1ccc(C(C)NC(C)CN2CCCC2=O)cc1. The predicted molar refractivity (Wildman–Crippen MR) is 79.8 cm³/mol. The van der Waals surface area contributed by atoms with Gasteiger partial charge in [0, 0.05) is 31.6 Å². The summed E-state index contributed by atoms with van der Waals surface area (Å²) in [5.74, 6) is 1.16. The lowest BCUT2D eigenvalue weighted by atomic mass is 10.1. The summed E-state index contributed by atoms with van der Waals surface area (Å²) in [7, 11) is 1.67. The second-order valence-electron chi connectivity index (χ2n) is 5.51. The van der Waals surface area contributed by atoms with Crippen molar-refractivity contribution < 1.29 is 9.53 Å². The van der Waals surface area contributed by atoms with Gasteiger partial charge in [0.1, 0.15) is 5.75 Å². The third-order valence-electron chi connectivity index (χ3n) is 3.82. The molecule has 4 nitrogen and oxygen atoms in total. The summed E-state index contributed by atoms with van der Waals surface area (Å²) in [4.78, 5) is 13.6. The molecule has 0 aliphatic carbocycles. The monoisotopic (exact) mass is 276 g/mol. The van der Waals surface area contributed by atoms with Crippen molar-refractivity contribution in [3.8, 4) is 5.75 Å². The average molecular weight is 276 g/mol. The standard InChI is InChI=1S/C16H24N2O2/c1-12(11-18-10-4-5-16(18)19)17-13(2)14-6-8-15(20-3)9-7-14/h6-9,12-13,17H,4-5,10-11H2,1-3H3. The summed E-state index contributed by atoms with van der Waals surface area (Å²) in [6.45, 7) is 5.97. The number of benzene rings is 1. The molecular weight excluding hydrogens is 252 g/mol. The highest BCUT2D eigenvalue weighted by atomic mass is 16.5. The Balaban J connectivity index is 1.86. The minimum Gasteiger partial charge on any atom is -0.497 e. The van der Waals surface area contributed by atoms with E-state index in [0.717, 1.165) is 25.3 Å². The van der Waals surface area contributed by atoms with Crippen LogP contribution in [0.4, 0.5) is 0 Å². The Morgan fingerprint density at radius 3 is 2.55 bits per heavy atom. The van der Waals surface area contributed by atoms with Crippen LogP contribution in [0, 0.1) is 0 Å². The highest BCUT2D eigenvalue weighted by Crippen LogP contribution is 2.18. The third kappa shape index (κ3) is 3.73. The summed E-state index contributed by atoms with van der Waals surface area (Å²) >= 11 is 0. The van der Waals surface area contributed by atoms with E-state index in [0.29, 0.717) is 6.42 Å². The van der Waals surface area contributed by atoms with Crippen molar-refractivity contribution in [3.05, 3.63) is 29.8 Å². The molecule has 2 unspecified atom stereocenters. The van der Waals surface area contributed by atoms with Crippen LogP contribution < -0.4 is 10.1 Å². The fraction of sp³-hybridized carbons (Fsp3) is 0.562. The van der Waals surface area contributed by atoms with Gasteiger partial charge in [-0.05, 0) is 38.0 Å². The van der Waals surface area contributed by atoms with Crippen LogP contribution in [0.1, 0.15) is 38.3 Å². The lowest BCUT2D eigenvalue weighted by Gasteiger charge is -2.25. The number of carbonyl (C=O) groups excluding carboxylic acids is 1. The molecule has 1 N–H and O–H groups in total. The summed E-state index contributed by atoms with van der Waals surface area (Å²) in [5, 5.41) is 3.55. The quantitative estimate of drug-likeness (QED) is 0.867. The van der Waals surface area contributed by atoms with Gasteiger partial charge in [0.05, 0.1) is 7.11 Å². The van der Waals surface area contributed by atoms with Gasteiger partial charge in [0.25, 0.3) is 0 Å². The maximum Gasteiger partial charge on any atom is 0.222 e. The van der Waals surface area contributed by atoms with Gasteiger partial charge in [-0.2, -0.15) is 0 Å². The molecule has 0 aromatic heterocycles. The molecule has 2 atom stereocenters. The largest absolute Gasteiger partial charge is 0.497 e. The maximum absolute atomic E-state index is 11.6. The van der Waals surface area contributed by atoms with E-state index >= 15 is 0 Å². The minimum absolute atomic E-state index is 0.258. The molecule has 0 spiro atoms. The van der Waals surface area contributed by atoms with Crippen molar-refractivity contribution in [2.75, 3.05) is 20.2 Å². The van der Waals surface area contributed by atoms with Gasteiger partial charge in [-0.3, -0.25) is 4.79 Å². The number of hydrogen-bond donors (Lipinski definition) is 1. The molecule has 110 valence electrons. The van der Waals surface area contributed by atoms with Crippen molar-refractivity contribution in [1.29, 1.82) is 0 Å². The number of rotatable bonds is 6. The Kier molecular flexibility index (Phi) is 5.01. The minimum atomic E-state index is 0.258. The molecule has 0 saturated carbocycles. The number of methoxy groups -OCH3 is 1. The van der Waals surface area contributed by atoms with E-state index < -0.39 is 0 Å². The van der Waals surface area contributed by atoms with Crippen LogP contribution in [-0.2, 0) is 4.79 Å². The molecule has 1 aromatic rings. The summed E-state index contributed by atoms with van der Waals surface area (Å²) < 4.78 is 5.17. The number of amides is 1. The van der Waals surface area contributed by atoms with Crippen LogP contribution in [0.15, 0.2) is 24.3 Å². The average Bonchev–Trinajstić information content (AvgIpc) is 2.84. The molecule has 0 radical (unpaired) electrons. The second-order valence-corrected chi connectivity index (χ2v) is 5.51. The molecule has 1 aliphatic heterocycles. The van der Waals surface area contributed by atoms with Gasteiger partial charge in [-0.1, -0.05) is 12.1 Å². The number of nitrogens with zero attached hydrogens (tertiary/aromatic N) is 1. The topological polar surface area (TPSA) is 41.6 Å². The molecule has 1 aromatic carbocycles. The highest BCUT2D eigenvalue weighted by Gasteiger charge is 2.22. The van der Waals surface area contributed by atoms with E-state index in [1.807, 2.05) is 17.0 Å². The Bertz CT molecular complexity index is 444. The maximum atomic E-state index is 11.6. The first kappa shape index (κ1) is 14.9. The molecule has 20 heavy (non-hydrogen) atoms. The Morgan fingerprint density at radius 1 is 1.30 bits per heavy atom. The predicted octanol–water partition coefficient (Wildman–Crippen LogP) is 2.36. The van der Waals surface area contributed by atoms with Gasteiger partial charge in [-0.15, -0.1) is 0 Å². The van der Waals surface area contributed by atoms with E-state index in [4.69, 9.17) is 4.74 Å². The normalized spacial score (nSPS) is 18.1. The van der Waals surface area contributed by atoms with Crippen LogP contribution in [0.5, 0.6) is 5.75 Å². The van der Waals surface area contributed by atoms with Gasteiger partial charge in [0.15, 0.2) is 0 Å². The molecule has 2 rings (SSSR count). The first-order valence-corrected chi connectivity index (χ1v) is 7.28. The van der Waals surface area contributed by atoms with E-state index in [1.165, 1.54) is 5.56 Å². The lowest BCUT2D eigenvalue weighted by molar-refractivity contribution is -0.127. The third-order valence-corrected chi connectivity index (χ3v) is 3.82. The van der Waals surface area contributed by atoms with Gasteiger partial charge in [-0.25, -0.2) is 0 Å². The molecule has 4 heteroatoms. The number of carbonyl (C=O) groups is 1. The fourth-order valence-corrected chi connectivity index (χ4v) is 2.70. The number of hydrogen-bond acceptors (Lipinski definition) is 3. The number of ether oxygens (including phenoxy) is 1. The fourth-order valence-electron chi connectivity index (χ4n) is 2.70. The van der Waals surface area contributed by atoms with Crippen LogP contribution in [0.25, 0.3) is 0 Å². The Hall–Kier alpha value is -1.55. The van der Waals surface area contributed by atoms with Gasteiger partial charge in [0.2, 0.25) is 5.91 Å². The van der Waals surface area contributed by atoms with E-state index in [9.17, 15) is 4.79 Å². The van der Waals surface area contributed by atoms with Crippen molar-refractivity contribution in [2.24, 2.45) is 0 Å². The smallest absolute Gasteiger partial charge is 0.222 e. The highest BCUT2D eigenvalue weighted by molar-refractivity contribution is 5.78. The number of nitrogens with one attached hydrogen (secondary N) is 1. The van der Waals surface area contributed by atoms with Gasteiger partial charge < -0.3 is 15.0 Å². The van der Waals surface area contributed by atoms with E-state index in [2.05, 4.69) is 31.3 Å². The zero-order valence-electron chi connectivity index (χ0n) is 12.6. The summed E-state index contributed by atoms with van der Waals surface area (Å²) in [5.41, 5.74) is 1.23. The molecule has 1 amide bonds.